The first-order valence-corrected chi connectivity index (χ1v) is 12.4. The smallest absolute Gasteiger partial charge is 0.111 e. The second kappa shape index (κ2) is 9.15. The van der Waals surface area contributed by atoms with Crippen LogP contribution in [0.3, 0.4) is 0 Å². The van der Waals surface area contributed by atoms with Crippen LogP contribution in [0.25, 0.3) is 22.2 Å². The van der Waals surface area contributed by atoms with Crippen molar-refractivity contribution in [1.82, 2.24) is 9.97 Å². The SMILES string of the molecule is CCS(=O)c1ccc(Cc2nc3c(Cl)c(-c4ccccc4C(C)C)c(Cl)cc3[nH]2)cc1. The van der Waals surface area contributed by atoms with Gasteiger partial charge in [0.25, 0.3) is 0 Å². The number of nitrogens with zero attached hydrogens (tertiary/aromatic N) is 1. The number of hydrogen-bond acceptors (Lipinski definition) is 2. The molecule has 0 fully saturated rings. The van der Waals surface area contributed by atoms with Crippen LogP contribution in [-0.2, 0) is 17.2 Å². The Morgan fingerprint density at radius 2 is 1.77 bits per heavy atom. The quantitative estimate of drug-likeness (QED) is 0.319. The summed E-state index contributed by atoms with van der Waals surface area (Å²) < 4.78 is 12.0. The number of hydrogen-bond donors (Lipinski definition) is 1. The van der Waals surface area contributed by atoms with Crippen LogP contribution in [0.5, 0.6) is 0 Å². The van der Waals surface area contributed by atoms with Crippen molar-refractivity contribution in [2.45, 2.75) is 38.0 Å². The number of imidazole rings is 1. The molecule has 0 amide bonds. The molecule has 1 heterocycles. The Hall–Kier alpha value is -2.14. The van der Waals surface area contributed by atoms with Crippen molar-refractivity contribution >= 4 is 45.0 Å². The van der Waals surface area contributed by atoms with Gasteiger partial charge in [-0.05, 0) is 40.8 Å². The van der Waals surface area contributed by atoms with Crippen LogP contribution in [0.1, 0.15) is 43.6 Å². The molecule has 160 valence electrons. The molecule has 31 heavy (non-hydrogen) atoms. The first kappa shape index (κ1) is 22.1. The summed E-state index contributed by atoms with van der Waals surface area (Å²) in [5.41, 5.74) is 5.69. The minimum atomic E-state index is -0.945. The Morgan fingerprint density at radius 1 is 1.06 bits per heavy atom. The lowest BCUT2D eigenvalue weighted by molar-refractivity contribution is 0.684. The van der Waals surface area contributed by atoms with Gasteiger partial charge in [0.2, 0.25) is 0 Å². The van der Waals surface area contributed by atoms with E-state index in [4.69, 9.17) is 28.2 Å². The van der Waals surface area contributed by atoms with Crippen LogP contribution in [0.4, 0.5) is 0 Å². The van der Waals surface area contributed by atoms with Crippen LogP contribution in [0.15, 0.2) is 59.5 Å². The van der Waals surface area contributed by atoms with Crippen molar-refractivity contribution in [1.29, 1.82) is 0 Å². The number of fused-ring (bicyclic) bond motifs is 1. The van der Waals surface area contributed by atoms with E-state index in [2.05, 4.69) is 31.0 Å². The molecule has 0 bridgehead atoms. The number of aromatic amines is 1. The molecule has 1 N–H and O–H groups in total. The van der Waals surface area contributed by atoms with Gasteiger partial charge in [-0.25, -0.2) is 4.98 Å². The molecule has 0 aliphatic carbocycles. The van der Waals surface area contributed by atoms with Gasteiger partial charge in [-0.15, -0.1) is 0 Å². The zero-order chi connectivity index (χ0) is 22.1. The van der Waals surface area contributed by atoms with E-state index >= 15 is 0 Å². The second-order valence-electron chi connectivity index (χ2n) is 7.82. The minimum Gasteiger partial charge on any atom is -0.342 e. The predicted molar refractivity (Wildman–Crippen MR) is 132 cm³/mol. The molecule has 0 saturated carbocycles. The molecule has 4 aromatic rings. The third-order valence-electron chi connectivity index (χ3n) is 5.39. The van der Waals surface area contributed by atoms with Gasteiger partial charge in [0, 0.05) is 22.6 Å². The summed E-state index contributed by atoms with van der Waals surface area (Å²) >= 11 is 13.5. The fraction of sp³-hybridized carbons (Fsp3) is 0.240. The number of benzene rings is 3. The zero-order valence-electron chi connectivity index (χ0n) is 17.7. The molecule has 0 spiro atoms. The first-order valence-electron chi connectivity index (χ1n) is 10.3. The van der Waals surface area contributed by atoms with E-state index in [-0.39, 0.29) is 0 Å². The maximum atomic E-state index is 12.0. The van der Waals surface area contributed by atoms with Gasteiger partial charge in [0.1, 0.15) is 11.3 Å². The van der Waals surface area contributed by atoms with Crippen molar-refractivity contribution in [3.05, 3.63) is 81.6 Å². The number of H-pyrrole nitrogens is 1. The summed E-state index contributed by atoms with van der Waals surface area (Å²) in [5.74, 6) is 1.77. The number of rotatable bonds is 6. The molecule has 0 aliphatic rings. The summed E-state index contributed by atoms with van der Waals surface area (Å²) in [6, 6.07) is 17.9. The van der Waals surface area contributed by atoms with Gasteiger partial charge < -0.3 is 4.98 Å². The molecule has 1 aromatic heterocycles. The lowest BCUT2D eigenvalue weighted by Gasteiger charge is -2.15. The van der Waals surface area contributed by atoms with Gasteiger partial charge in [-0.3, -0.25) is 4.21 Å². The van der Waals surface area contributed by atoms with Crippen LogP contribution in [-0.4, -0.2) is 19.9 Å². The summed E-state index contributed by atoms with van der Waals surface area (Å²) in [6.07, 6.45) is 0.625. The molecule has 0 saturated heterocycles. The zero-order valence-corrected chi connectivity index (χ0v) is 20.0. The van der Waals surface area contributed by atoms with Crippen LogP contribution < -0.4 is 0 Å². The third-order valence-corrected chi connectivity index (χ3v) is 7.38. The van der Waals surface area contributed by atoms with Gasteiger partial charge in [0.15, 0.2) is 0 Å². The highest BCUT2D eigenvalue weighted by molar-refractivity contribution is 7.85. The Kier molecular flexibility index (Phi) is 6.52. The maximum Gasteiger partial charge on any atom is 0.111 e. The van der Waals surface area contributed by atoms with Crippen molar-refractivity contribution in [3.8, 4) is 11.1 Å². The molecular weight excluding hydrogens is 447 g/mol. The third kappa shape index (κ3) is 4.43. The largest absolute Gasteiger partial charge is 0.342 e. The minimum absolute atomic E-state index is 0.346. The average molecular weight is 471 g/mol. The molecule has 0 aliphatic heterocycles. The van der Waals surface area contributed by atoms with Crippen LogP contribution >= 0.6 is 23.2 Å². The monoisotopic (exact) mass is 470 g/mol. The highest BCUT2D eigenvalue weighted by atomic mass is 35.5. The van der Waals surface area contributed by atoms with E-state index in [1.54, 1.807) is 0 Å². The van der Waals surface area contributed by atoms with Crippen molar-refractivity contribution < 1.29 is 4.21 Å². The van der Waals surface area contributed by atoms with E-state index in [1.807, 2.05) is 49.4 Å². The number of halogens is 2. The van der Waals surface area contributed by atoms with Crippen molar-refractivity contribution in [3.63, 3.8) is 0 Å². The van der Waals surface area contributed by atoms with Crippen molar-refractivity contribution in [2.24, 2.45) is 0 Å². The second-order valence-corrected chi connectivity index (χ2v) is 10.3. The molecule has 3 aromatic carbocycles. The van der Waals surface area contributed by atoms with E-state index in [0.717, 1.165) is 38.4 Å². The van der Waals surface area contributed by atoms with Crippen LogP contribution in [0, 0.1) is 0 Å². The Morgan fingerprint density at radius 3 is 2.45 bits per heavy atom. The summed E-state index contributed by atoms with van der Waals surface area (Å²) in [4.78, 5) is 8.97. The number of nitrogens with one attached hydrogen (secondary N) is 1. The average Bonchev–Trinajstić information content (AvgIpc) is 3.16. The van der Waals surface area contributed by atoms with Gasteiger partial charge in [-0.1, -0.05) is 80.4 Å². The normalized spacial score (nSPS) is 12.6. The molecule has 0 radical (unpaired) electrons. The fourth-order valence-electron chi connectivity index (χ4n) is 3.81. The molecule has 3 nitrogen and oxygen atoms in total. The molecule has 1 atom stereocenters. The van der Waals surface area contributed by atoms with Gasteiger partial charge >= 0.3 is 0 Å². The standard InChI is InChI=1S/C25H24Cl2N2OS/c1-4-31(30)17-11-9-16(10-12-17)13-22-28-21-14-20(26)23(24(27)25(21)29-22)19-8-6-5-7-18(19)15(2)3/h5-12,14-15H,4,13H2,1-3H3,(H,28,29). The highest BCUT2D eigenvalue weighted by Crippen LogP contribution is 2.42. The van der Waals surface area contributed by atoms with E-state index in [1.165, 1.54) is 5.56 Å². The summed E-state index contributed by atoms with van der Waals surface area (Å²) in [7, 11) is -0.945. The topological polar surface area (TPSA) is 45.8 Å². The summed E-state index contributed by atoms with van der Waals surface area (Å²) in [6.45, 7) is 6.24. The van der Waals surface area contributed by atoms with E-state index in [9.17, 15) is 4.21 Å². The molecule has 4 rings (SSSR count). The van der Waals surface area contributed by atoms with E-state index < -0.39 is 10.8 Å². The fourth-order valence-corrected chi connectivity index (χ4v) is 5.28. The van der Waals surface area contributed by atoms with Gasteiger partial charge in [-0.2, -0.15) is 0 Å². The van der Waals surface area contributed by atoms with Crippen LogP contribution in [0.2, 0.25) is 10.0 Å². The Bertz CT molecular complexity index is 1260. The maximum absolute atomic E-state index is 12.0. The molecular formula is C25H24Cl2N2OS. The molecule has 6 heteroatoms. The Balaban J connectivity index is 1.72. The molecule has 1 unspecified atom stereocenters. The Labute approximate surface area is 195 Å². The van der Waals surface area contributed by atoms with Gasteiger partial charge in [0.05, 0.1) is 26.4 Å². The highest BCUT2D eigenvalue weighted by Gasteiger charge is 2.19. The van der Waals surface area contributed by atoms with E-state index in [0.29, 0.717) is 28.1 Å². The lowest BCUT2D eigenvalue weighted by atomic mass is 9.92. The van der Waals surface area contributed by atoms with Crippen molar-refractivity contribution in [2.75, 3.05) is 5.75 Å². The predicted octanol–water partition coefficient (Wildman–Crippen LogP) is 7.38. The number of aromatic nitrogens is 2. The first-order chi connectivity index (χ1) is 14.9. The summed E-state index contributed by atoms with van der Waals surface area (Å²) in [5, 5.41) is 1.17. The lowest BCUT2D eigenvalue weighted by Crippen LogP contribution is -1.95.